The highest BCUT2D eigenvalue weighted by Gasteiger charge is 2.38. The second-order valence-corrected chi connectivity index (χ2v) is 9.60. The van der Waals surface area contributed by atoms with E-state index >= 15 is 0 Å². The van der Waals surface area contributed by atoms with Gasteiger partial charge in [0, 0.05) is 17.6 Å². The monoisotopic (exact) mass is 559 g/mol. The van der Waals surface area contributed by atoms with Crippen molar-refractivity contribution >= 4 is 17.3 Å². The van der Waals surface area contributed by atoms with Crippen LogP contribution < -0.4 is 9.47 Å². The van der Waals surface area contributed by atoms with Gasteiger partial charge in [0.2, 0.25) is 0 Å². The summed E-state index contributed by atoms with van der Waals surface area (Å²) >= 11 is 0. The number of carbonyl (C=O) groups excluding carboxylic acids is 1. The maximum absolute atomic E-state index is 10.8. The minimum atomic E-state index is -0.510. The molecule has 5 rings (SSSR count). The molecular formula is C35H45NO5. The predicted octanol–water partition coefficient (Wildman–Crippen LogP) is 8.70. The van der Waals surface area contributed by atoms with E-state index in [1.165, 1.54) is 17.4 Å². The smallest absolute Gasteiger partial charge is 0.315 e. The van der Waals surface area contributed by atoms with Crippen molar-refractivity contribution in [3.8, 4) is 11.5 Å². The van der Waals surface area contributed by atoms with Crippen LogP contribution in [0.5, 0.6) is 11.5 Å². The Morgan fingerprint density at radius 3 is 1.78 bits per heavy atom. The van der Waals surface area contributed by atoms with Gasteiger partial charge < -0.3 is 19.0 Å². The molecule has 0 N–H and O–H groups in total. The maximum Gasteiger partial charge on any atom is 0.315 e. The fraction of sp³-hybridized carbons (Fsp3) is 0.371. The van der Waals surface area contributed by atoms with Gasteiger partial charge in [-0.15, -0.1) is 0 Å². The zero-order valence-electron chi connectivity index (χ0n) is 26.3. The van der Waals surface area contributed by atoms with Crippen LogP contribution in [0.4, 0.5) is 0 Å². The number of benzene rings is 3. The van der Waals surface area contributed by atoms with Crippen molar-refractivity contribution in [1.29, 1.82) is 0 Å². The van der Waals surface area contributed by atoms with E-state index < -0.39 is 5.60 Å². The molecule has 0 radical (unpaired) electrons. The Labute approximate surface area is 246 Å². The molecule has 0 fully saturated rings. The Morgan fingerprint density at radius 1 is 0.780 bits per heavy atom. The highest BCUT2D eigenvalue weighted by Crippen LogP contribution is 2.41. The first kappa shape index (κ1) is 33.1. The topological polar surface area (TPSA) is 66.3 Å². The van der Waals surface area contributed by atoms with Gasteiger partial charge >= 0.3 is 5.97 Å². The standard InChI is InChI=1S/C20H23NO3.C11H10O2.2C2H6/c1-13-6-8-15(9-7-13)17-12-20(3,24-21-17)16-11-19(23-5)18(22-4)10-14(16)2;1-8-2-4-9(5-3-8)10-6-11(12)13-7-10;2*1-2/h6-11H,12H2,1-5H3;2-5,7H,6H2,1H3;2*1-2H3. The fourth-order valence-corrected chi connectivity index (χ4v) is 4.45. The van der Waals surface area contributed by atoms with Crippen LogP contribution in [0.25, 0.3) is 5.57 Å². The first-order valence-corrected chi connectivity index (χ1v) is 14.2. The van der Waals surface area contributed by atoms with Crippen LogP contribution in [0.2, 0.25) is 0 Å². The van der Waals surface area contributed by atoms with E-state index in [0.717, 1.165) is 39.3 Å². The molecule has 0 bridgehead atoms. The molecule has 1 unspecified atom stereocenters. The molecule has 220 valence electrons. The Balaban J connectivity index is 0.000000291. The number of rotatable bonds is 5. The number of carbonyl (C=O) groups is 1. The third-order valence-corrected chi connectivity index (χ3v) is 6.64. The minimum absolute atomic E-state index is 0.171. The lowest BCUT2D eigenvalue weighted by molar-refractivity contribution is -0.135. The summed E-state index contributed by atoms with van der Waals surface area (Å²) in [6.07, 6.45) is 2.64. The average Bonchev–Trinajstić information content (AvgIpc) is 3.62. The van der Waals surface area contributed by atoms with Crippen molar-refractivity contribution in [2.24, 2.45) is 5.16 Å². The summed E-state index contributed by atoms with van der Waals surface area (Å²) in [6, 6.07) is 20.4. The molecule has 3 aromatic rings. The number of hydrogen-bond acceptors (Lipinski definition) is 6. The van der Waals surface area contributed by atoms with Crippen LogP contribution in [-0.4, -0.2) is 25.9 Å². The van der Waals surface area contributed by atoms with Gasteiger partial charge in [-0.25, -0.2) is 0 Å². The van der Waals surface area contributed by atoms with Crippen LogP contribution in [0.15, 0.2) is 72.1 Å². The van der Waals surface area contributed by atoms with Gasteiger partial charge in [0.15, 0.2) is 17.1 Å². The Bertz CT molecular complexity index is 1340. The molecule has 2 aliphatic heterocycles. The van der Waals surface area contributed by atoms with Crippen molar-refractivity contribution < 1.29 is 23.8 Å². The normalized spacial score (nSPS) is 16.7. The van der Waals surface area contributed by atoms with Crippen LogP contribution in [0.3, 0.4) is 0 Å². The van der Waals surface area contributed by atoms with Gasteiger partial charge in [-0.3, -0.25) is 4.79 Å². The zero-order valence-corrected chi connectivity index (χ0v) is 26.3. The summed E-state index contributed by atoms with van der Waals surface area (Å²) in [7, 11) is 3.28. The van der Waals surface area contributed by atoms with Crippen molar-refractivity contribution in [1.82, 2.24) is 0 Å². The van der Waals surface area contributed by atoms with Gasteiger partial charge in [0.25, 0.3) is 0 Å². The molecule has 41 heavy (non-hydrogen) atoms. The molecule has 0 spiro atoms. The highest BCUT2D eigenvalue weighted by atomic mass is 16.7. The van der Waals surface area contributed by atoms with E-state index in [0.29, 0.717) is 18.6 Å². The number of esters is 1. The number of ether oxygens (including phenoxy) is 3. The molecule has 2 heterocycles. The molecule has 2 aliphatic rings. The van der Waals surface area contributed by atoms with Crippen molar-refractivity contribution in [3.05, 3.63) is 100 Å². The maximum atomic E-state index is 10.8. The number of hydrogen-bond donors (Lipinski definition) is 0. The molecule has 6 heteroatoms. The average molecular weight is 560 g/mol. The van der Waals surface area contributed by atoms with Gasteiger partial charge in [0.05, 0.1) is 32.6 Å². The van der Waals surface area contributed by atoms with Crippen LogP contribution >= 0.6 is 0 Å². The van der Waals surface area contributed by atoms with Crippen LogP contribution in [0.1, 0.15) is 80.8 Å². The molecule has 6 nitrogen and oxygen atoms in total. The highest BCUT2D eigenvalue weighted by molar-refractivity contribution is 6.01. The third kappa shape index (κ3) is 8.46. The predicted molar refractivity (Wildman–Crippen MR) is 168 cm³/mol. The largest absolute Gasteiger partial charge is 0.493 e. The molecule has 0 saturated heterocycles. The van der Waals surface area contributed by atoms with Gasteiger partial charge in [-0.05, 0) is 56.5 Å². The first-order valence-electron chi connectivity index (χ1n) is 14.2. The molecule has 0 amide bonds. The number of oxime groups is 1. The summed E-state index contributed by atoms with van der Waals surface area (Å²) in [6.45, 7) is 16.2. The minimum Gasteiger partial charge on any atom is -0.493 e. The van der Waals surface area contributed by atoms with Crippen LogP contribution in [0, 0.1) is 20.8 Å². The SMILES string of the molecule is CC.CC.COc1cc(C)c(C2(C)CC(c3ccc(C)cc3)=NO2)cc1OC.Cc1ccc(C2=COC(=O)C2)cc1. The summed E-state index contributed by atoms with van der Waals surface area (Å²) < 4.78 is 15.6. The molecule has 0 aromatic heterocycles. The summed E-state index contributed by atoms with van der Waals surface area (Å²) in [5.74, 6) is 1.25. The summed E-state index contributed by atoms with van der Waals surface area (Å²) in [5, 5.41) is 4.35. The lowest BCUT2D eigenvalue weighted by atomic mass is 9.86. The number of methoxy groups -OCH3 is 2. The second-order valence-electron chi connectivity index (χ2n) is 9.60. The van der Waals surface area contributed by atoms with E-state index in [1.54, 1.807) is 14.2 Å². The number of aryl methyl sites for hydroxylation is 3. The van der Waals surface area contributed by atoms with Crippen molar-refractivity contribution in [3.63, 3.8) is 0 Å². The fourth-order valence-electron chi connectivity index (χ4n) is 4.45. The number of cyclic esters (lactones) is 1. The Kier molecular flexibility index (Phi) is 12.7. The third-order valence-electron chi connectivity index (χ3n) is 6.64. The van der Waals surface area contributed by atoms with Crippen LogP contribution in [-0.2, 0) is 20.0 Å². The Morgan fingerprint density at radius 2 is 1.29 bits per heavy atom. The van der Waals surface area contributed by atoms with E-state index in [9.17, 15) is 4.79 Å². The molecule has 3 aromatic carbocycles. The summed E-state index contributed by atoms with van der Waals surface area (Å²) in [4.78, 5) is 16.7. The van der Waals surface area contributed by atoms with Gasteiger partial charge in [0.1, 0.15) is 0 Å². The van der Waals surface area contributed by atoms with E-state index in [4.69, 9.17) is 19.0 Å². The van der Waals surface area contributed by atoms with E-state index in [-0.39, 0.29) is 5.97 Å². The lowest BCUT2D eigenvalue weighted by Gasteiger charge is -2.25. The van der Waals surface area contributed by atoms with Crippen molar-refractivity contribution in [2.75, 3.05) is 14.2 Å². The van der Waals surface area contributed by atoms with Gasteiger partial charge in [-0.1, -0.05) is 92.5 Å². The first-order chi connectivity index (χ1) is 19.7. The summed E-state index contributed by atoms with van der Waals surface area (Å²) in [5.41, 5.74) is 8.19. The van der Waals surface area contributed by atoms with Gasteiger partial charge in [-0.2, -0.15) is 0 Å². The number of nitrogens with zero attached hydrogens (tertiary/aromatic N) is 1. The second kappa shape index (κ2) is 15.7. The van der Waals surface area contributed by atoms with Crippen molar-refractivity contribution in [2.45, 2.75) is 73.8 Å². The molecule has 0 aliphatic carbocycles. The lowest BCUT2D eigenvalue weighted by Crippen LogP contribution is -2.23. The van der Waals surface area contributed by atoms with E-state index in [1.807, 2.05) is 71.0 Å². The van der Waals surface area contributed by atoms with E-state index in [2.05, 4.69) is 50.2 Å². The Hall–Kier alpha value is -4.06. The molecule has 1 atom stereocenters. The zero-order chi connectivity index (χ0) is 30.6. The quantitative estimate of drug-likeness (QED) is 0.293. The molecular weight excluding hydrogens is 514 g/mol. The molecule has 0 saturated carbocycles.